The molecule has 118 valence electrons. The molecule has 1 atom stereocenters. The summed E-state index contributed by atoms with van der Waals surface area (Å²) in [6.07, 6.45) is -0.961. The Kier molecular flexibility index (Phi) is 4.92. The molecule has 0 radical (unpaired) electrons. The van der Waals surface area contributed by atoms with Crippen LogP contribution in [0.3, 0.4) is 0 Å². The first-order valence-corrected chi connectivity index (χ1v) is 7.14. The number of nitrogens with one attached hydrogen (secondary N) is 1. The first-order valence-electron chi connectivity index (χ1n) is 7.14. The topological polar surface area (TPSA) is 67.2 Å². The van der Waals surface area contributed by atoms with Crippen LogP contribution in [-0.2, 0) is 7.05 Å². The van der Waals surface area contributed by atoms with Crippen molar-refractivity contribution in [1.29, 1.82) is 0 Å². The van der Waals surface area contributed by atoms with E-state index in [1.165, 1.54) is 22.9 Å². The number of carbonyl (C=O) groups excluding carboxylic acids is 1. The Morgan fingerprint density at radius 2 is 2.14 bits per heavy atom. The van der Waals surface area contributed by atoms with E-state index >= 15 is 0 Å². The number of aromatic nitrogens is 2. The highest BCUT2D eigenvalue weighted by atomic mass is 19.1. The van der Waals surface area contributed by atoms with Gasteiger partial charge in [0, 0.05) is 13.6 Å². The molecule has 0 unspecified atom stereocenters. The minimum absolute atomic E-state index is 0.00444. The summed E-state index contributed by atoms with van der Waals surface area (Å²) in [5.41, 5.74) is 1.68. The summed E-state index contributed by atoms with van der Waals surface area (Å²) in [4.78, 5) is 12.1. The molecule has 0 saturated heterocycles. The fourth-order valence-corrected chi connectivity index (χ4v) is 2.10. The van der Waals surface area contributed by atoms with Crippen molar-refractivity contribution in [3.63, 3.8) is 0 Å². The fraction of sp³-hybridized carbons (Fsp3) is 0.375. The van der Waals surface area contributed by atoms with Gasteiger partial charge in [0.15, 0.2) is 0 Å². The highest BCUT2D eigenvalue weighted by Crippen LogP contribution is 2.15. The molecular formula is C16H20FN3O2. The van der Waals surface area contributed by atoms with Gasteiger partial charge in [0.25, 0.3) is 5.91 Å². The van der Waals surface area contributed by atoms with E-state index in [1.54, 1.807) is 19.2 Å². The Labute approximate surface area is 128 Å². The second-order valence-corrected chi connectivity index (χ2v) is 5.51. The highest BCUT2D eigenvalue weighted by molar-refractivity contribution is 5.92. The predicted molar refractivity (Wildman–Crippen MR) is 81.0 cm³/mol. The molecule has 2 rings (SSSR count). The van der Waals surface area contributed by atoms with E-state index in [0.29, 0.717) is 11.3 Å². The summed E-state index contributed by atoms with van der Waals surface area (Å²) in [7, 11) is 1.70. The Morgan fingerprint density at radius 3 is 2.73 bits per heavy atom. The summed E-state index contributed by atoms with van der Waals surface area (Å²) >= 11 is 0. The Bertz CT molecular complexity index is 667. The number of halogens is 1. The van der Waals surface area contributed by atoms with Crippen LogP contribution >= 0.6 is 0 Å². The summed E-state index contributed by atoms with van der Waals surface area (Å²) in [6.45, 7) is 4.00. The first kappa shape index (κ1) is 16.2. The number of benzene rings is 1. The van der Waals surface area contributed by atoms with E-state index in [4.69, 9.17) is 0 Å². The smallest absolute Gasteiger partial charge is 0.269 e. The van der Waals surface area contributed by atoms with Crippen LogP contribution in [0.1, 0.15) is 47.6 Å². The number of hydrogen-bond acceptors (Lipinski definition) is 3. The van der Waals surface area contributed by atoms with Crippen LogP contribution in [0.5, 0.6) is 0 Å². The second-order valence-electron chi connectivity index (χ2n) is 5.51. The molecule has 1 aromatic heterocycles. The van der Waals surface area contributed by atoms with E-state index in [-0.39, 0.29) is 18.4 Å². The van der Waals surface area contributed by atoms with Crippen LogP contribution in [-0.4, -0.2) is 27.3 Å². The van der Waals surface area contributed by atoms with Crippen molar-refractivity contribution in [2.75, 3.05) is 6.54 Å². The van der Waals surface area contributed by atoms with Crippen LogP contribution in [0.4, 0.5) is 4.39 Å². The standard InChI is InChI=1S/C16H20FN3O2/c1-10(2)13-8-14(20(3)19-13)16(22)18-9-15(21)11-5-4-6-12(17)7-11/h4-8,10,15,21H,9H2,1-3H3,(H,18,22)/t15-/m1/s1. The van der Waals surface area contributed by atoms with Gasteiger partial charge in [-0.2, -0.15) is 5.10 Å². The molecule has 0 saturated carbocycles. The van der Waals surface area contributed by atoms with Gasteiger partial charge in [-0.05, 0) is 29.7 Å². The molecule has 0 spiro atoms. The van der Waals surface area contributed by atoms with E-state index in [2.05, 4.69) is 10.4 Å². The van der Waals surface area contributed by atoms with Crippen molar-refractivity contribution < 1.29 is 14.3 Å². The zero-order chi connectivity index (χ0) is 16.3. The average Bonchev–Trinajstić information content (AvgIpc) is 2.86. The van der Waals surface area contributed by atoms with Crippen LogP contribution in [0, 0.1) is 5.82 Å². The number of amides is 1. The quantitative estimate of drug-likeness (QED) is 0.889. The number of aryl methyl sites for hydroxylation is 1. The highest BCUT2D eigenvalue weighted by Gasteiger charge is 2.16. The maximum Gasteiger partial charge on any atom is 0.269 e. The lowest BCUT2D eigenvalue weighted by atomic mass is 10.1. The van der Waals surface area contributed by atoms with Gasteiger partial charge in [0.05, 0.1) is 11.8 Å². The lowest BCUT2D eigenvalue weighted by molar-refractivity contribution is 0.0907. The maximum atomic E-state index is 13.1. The van der Waals surface area contributed by atoms with Gasteiger partial charge >= 0.3 is 0 Å². The van der Waals surface area contributed by atoms with Gasteiger partial charge < -0.3 is 10.4 Å². The number of aliphatic hydroxyl groups is 1. The molecule has 0 aliphatic rings. The van der Waals surface area contributed by atoms with E-state index in [1.807, 2.05) is 13.8 Å². The van der Waals surface area contributed by atoms with Gasteiger partial charge in [-0.25, -0.2) is 4.39 Å². The minimum Gasteiger partial charge on any atom is -0.387 e. The SMILES string of the molecule is CC(C)c1cc(C(=O)NC[C@@H](O)c2cccc(F)c2)n(C)n1. The third-order valence-electron chi connectivity index (χ3n) is 3.41. The minimum atomic E-state index is -0.961. The first-order chi connectivity index (χ1) is 10.4. The second kappa shape index (κ2) is 6.70. The number of nitrogens with zero attached hydrogens (tertiary/aromatic N) is 2. The lowest BCUT2D eigenvalue weighted by Gasteiger charge is -2.12. The van der Waals surface area contributed by atoms with Gasteiger partial charge in [-0.3, -0.25) is 9.48 Å². The fourth-order valence-electron chi connectivity index (χ4n) is 2.10. The molecule has 1 amide bonds. The largest absolute Gasteiger partial charge is 0.387 e. The predicted octanol–water partition coefficient (Wildman–Crippen LogP) is 2.15. The summed E-state index contributed by atoms with van der Waals surface area (Å²) in [6, 6.07) is 7.41. The van der Waals surface area contributed by atoms with E-state index < -0.39 is 11.9 Å². The Balaban J connectivity index is 2.01. The molecule has 2 N–H and O–H groups in total. The van der Waals surface area contributed by atoms with Crippen LogP contribution < -0.4 is 5.32 Å². The molecule has 0 aliphatic heterocycles. The Hall–Kier alpha value is -2.21. The molecule has 0 bridgehead atoms. The molecule has 2 aromatic rings. The van der Waals surface area contributed by atoms with Crippen molar-refractivity contribution in [3.05, 3.63) is 53.1 Å². The molecule has 0 aliphatic carbocycles. The number of aliphatic hydroxyl groups excluding tert-OH is 1. The number of hydrogen-bond donors (Lipinski definition) is 2. The van der Waals surface area contributed by atoms with Crippen LogP contribution in [0.25, 0.3) is 0 Å². The molecule has 22 heavy (non-hydrogen) atoms. The molecule has 1 heterocycles. The van der Waals surface area contributed by atoms with E-state index in [9.17, 15) is 14.3 Å². The molecule has 6 heteroatoms. The van der Waals surface area contributed by atoms with Crippen molar-refractivity contribution in [1.82, 2.24) is 15.1 Å². The van der Waals surface area contributed by atoms with Gasteiger partial charge in [-0.1, -0.05) is 26.0 Å². The molecule has 5 nitrogen and oxygen atoms in total. The monoisotopic (exact) mass is 305 g/mol. The van der Waals surface area contributed by atoms with Crippen molar-refractivity contribution >= 4 is 5.91 Å². The average molecular weight is 305 g/mol. The van der Waals surface area contributed by atoms with Crippen molar-refractivity contribution in [2.24, 2.45) is 7.05 Å². The van der Waals surface area contributed by atoms with Gasteiger partial charge in [0.2, 0.25) is 0 Å². The number of rotatable bonds is 5. The van der Waals surface area contributed by atoms with Crippen LogP contribution in [0.15, 0.2) is 30.3 Å². The summed E-state index contributed by atoms with van der Waals surface area (Å²) < 4.78 is 14.6. The van der Waals surface area contributed by atoms with Crippen molar-refractivity contribution in [3.8, 4) is 0 Å². The van der Waals surface area contributed by atoms with Crippen molar-refractivity contribution in [2.45, 2.75) is 25.9 Å². The summed E-state index contributed by atoms with van der Waals surface area (Å²) in [5.74, 6) is -0.515. The zero-order valence-electron chi connectivity index (χ0n) is 12.9. The maximum absolute atomic E-state index is 13.1. The van der Waals surface area contributed by atoms with Gasteiger partial charge in [-0.15, -0.1) is 0 Å². The molecule has 0 fully saturated rings. The third kappa shape index (κ3) is 3.71. The Morgan fingerprint density at radius 1 is 1.41 bits per heavy atom. The lowest BCUT2D eigenvalue weighted by Crippen LogP contribution is -2.29. The number of carbonyl (C=O) groups is 1. The normalized spacial score (nSPS) is 12.5. The molecular weight excluding hydrogens is 285 g/mol. The zero-order valence-corrected chi connectivity index (χ0v) is 12.9. The summed E-state index contributed by atoms with van der Waals surface area (Å²) in [5, 5.41) is 16.9. The molecule has 1 aromatic carbocycles. The van der Waals surface area contributed by atoms with Crippen LogP contribution in [0.2, 0.25) is 0 Å². The third-order valence-corrected chi connectivity index (χ3v) is 3.41. The van der Waals surface area contributed by atoms with Gasteiger partial charge in [0.1, 0.15) is 11.5 Å². The van der Waals surface area contributed by atoms with E-state index in [0.717, 1.165) is 5.69 Å².